The van der Waals surface area contributed by atoms with Crippen LogP contribution < -0.4 is 0 Å². The van der Waals surface area contributed by atoms with Gasteiger partial charge in [-0.3, -0.25) is 0 Å². The number of fused-ring (bicyclic) bond motifs is 2. The van der Waals surface area contributed by atoms with Crippen LogP contribution in [0, 0.1) is 5.92 Å². The molecule has 2 aliphatic heterocycles. The summed E-state index contributed by atoms with van der Waals surface area (Å²) in [7, 11) is 0. The molecule has 2 heterocycles. The van der Waals surface area contributed by atoms with Crippen molar-refractivity contribution in [2.24, 2.45) is 5.92 Å². The van der Waals surface area contributed by atoms with Gasteiger partial charge in [-0.05, 0) is 38.8 Å². The van der Waals surface area contributed by atoms with Crippen molar-refractivity contribution in [3.63, 3.8) is 0 Å². The van der Waals surface area contributed by atoms with E-state index in [-0.39, 0.29) is 23.0 Å². The minimum absolute atomic E-state index is 0.0142. The summed E-state index contributed by atoms with van der Waals surface area (Å²) in [4.78, 5) is 12.7. The van der Waals surface area contributed by atoms with Crippen molar-refractivity contribution in [1.29, 1.82) is 0 Å². The molecule has 3 N–H and O–H groups in total. The number of aliphatic hydroxyl groups is 1. The van der Waals surface area contributed by atoms with E-state index in [1.165, 1.54) is 6.07 Å². The lowest BCUT2D eigenvalue weighted by Gasteiger charge is -2.22. The molecule has 0 bridgehead atoms. The summed E-state index contributed by atoms with van der Waals surface area (Å²) in [5.41, 5.74) is 0.315. The smallest absolute Gasteiger partial charge is 0.342 e. The Morgan fingerprint density at radius 3 is 2.55 bits per heavy atom. The second-order valence-corrected chi connectivity index (χ2v) is 8.05. The van der Waals surface area contributed by atoms with Gasteiger partial charge in [0, 0.05) is 12.0 Å². The number of phenolic OH excluding ortho intramolecular Hbond substituents is 2. The molecule has 158 valence electrons. The zero-order valence-corrected chi connectivity index (χ0v) is 17.0. The van der Waals surface area contributed by atoms with Gasteiger partial charge >= 0.3 is 5.97 Å². The lowest BCUT2D eigenvalue weighted by molar-refractivity contribution is -0.152. The molecule has 5 atom stereocenters. The third-order valence-corrected chi connectivity index (χ3v) is 5.21. The van der Waals surface area contributed by atoms with Crippen LogP contribution in [0.1, 0.15) is 50.0 Å². The standard InChI is InChI=1S/C22H28O7/c1-12-8-9-16(24)20-18(28-22(3,4)29-20)7-5-6-14-10-15(23)11-17(25)19(14)21(26)27-13(12)2/h5-6,8-13,16,18,20,23-25H,7H2,1-4H3/t12-,13+,16-,18+,20-/m1/s1. The van der Waals surface area contributed by atoms with Crippen molar-refractivity contribution in [3.8, 4) is 11.5 Å². The topological polar surface area (TPSA) is 105 Å². The molecule has 1 aromatic rings. The Bertz CT molecular complexity index is 827. The maximum atomic E-state index is 12.7. The highest BCUT2D eigenvalue weighted by Gasteiger charge is 2.43. The van der Waals surface area contributed by atoms with Crippen LogP contribution in [0.4, 0.5) is 0 Å². The molecule has 0 saturated carbocycles. The average molecular weight is 404 g/mol. The van der Waals surface area contributed by atoms with Crippen LogP contribution in [-0.4, -0.2) is 51.5 Å². The van der Waals surface area contributed by atoms with Crippen molar-refractivity contribution < 1.29 is 34.3 Å². The van der Waals surface area contributed by atoms with Gasteiger partial charge in [-0.15, -0.1) is 0 Å². The lowest BCUT2D eigenvalue weighted by Crippen LogP contribution is -2.34. The number of carbonyl (C=O) groups is 1. The Morgan fingerprint density at radius 2 is 1.83 bits per heavy atom. The van der Waals surface area contributed by atoms with Crippen molar-refractivity contribution in [3.05, 3.63) is 41.5 Å². The summed E-state index contributed by atoms with van der Waals surface area (Å²) in [6.07, 6.45) is 4.82. The molecule has 1 aromatic carbocycles. The summed E-state index contributed by atoms with van der Waals surface area (Å²) in [5, 5.41) is 30.7. The molecule has 0 radical (unpaired) electrons. The number of hydrogen-bond acceptors (Lipinski definition) is 7. The van der Waals surface area contributed by atoms with Crippen molar-refractivity contribution in [2.75, 3.05) is 0 Å². The van der Waals surface area contributed by atoms with E-state index in [0.717, 1.165) is 6.07 Å². The molecule has 3 rings (SSSR count). The van der Waals surface area contributed by atoms with E-state index in [1.807, 2.05) is 6.92 Å². The molecule has 2 aliphatic rings. The molecule has 0 aromatic heterocycles. The maximum absolute atomic E-state index is 12.7. The number of aliphatic hydroxyl groups excluding tert-OH is 1. The minimum atomic E-state index is -0.885. The quantitative estimate of drug-likeness (QED) is 0.451. The molecule has 0 spiro atoms. The molecule has 7 heteroatoms. The predicted octanol–water partition coefficient (Wildman–Crippen LogP) is 3.13. The van der Waals surface area contributed by atoms with Gasteiger partial charge in [-0.2, -0.15) is 0 Å². The fourth-order valence-corrected chi connectivity index (χ4v) is 3.54. The highest BCUT2D eigenvalue weighted by molar-refractivity contribution is 5.97. The third-order valence-electron chi connectivity index (χ3n) is 5.21. The number of carbonyl (C=O) groups excluding carboxylic acids is 1. The number of rotatable bonds is 0. The third kappa shape index (κ3) is 4.80. The summed E-state index contributed by atoms with van der Waals surface area (Å²) in [5.74, 6) is -2.24. The molecule has 29 heavy (non-hydrogen) atoms. The van der Waals surface area contributed by atoms with Crippen LogP contribution >= 0.6 is 0 Å². The van der Waals surface area contributed by atoms with Crippen molar-refractivity contribution in [2.45, 2.75) is 64.3 Å². The first-order valence-electron chi connectivity index (χ1n) is 9.73. The maximum Gasteiger partial charge on any atom is 0.342 e. The molecule has 7 nitrogen and oxygen atoms in total. The fraction of sp³-hybridized carbons (Fsp3) is 0.500. The molecule has 1 fully saturated rings. The highest BCUT2D eigenvalue weighted by Crippen LogP contribution is 2.34. The average Bonchev–Trinajstić information content (AvgIpc) is 2.92. The summed E-state index contributed by atoms with van der Waals surface area (Å²) in [6.45, 7) is 7.17. The normalized spacial score (nSPS) is 32.2. The Balaban J connectivity index is 2.02. The van der Waals surface area contributed by atoms with Crippen LogP contribution in [0.15, 0.2) is 30.4 Å². The Kier molecular flexibility index (Phi) is 6.03. The van der Waals surface area contributed by atoms with Crippen LogP contribution in [0.25, 0.3) is 6.08 Å². The van der Waals surface area contributed by atoms with E-state index in [0.29, 0.717) is 12.0 Å². The molecular weight excluding hydrogens is 376 g/mol. The SMILES string of the molecule is C[C@@H]1C=C[C@@H](O)[C@H]2OC(C)(C)O[C@H]2CC=Cc2cc(O)cc(O)c2C(=O)O[C@H]1C. The van der Waals surface area contributed by atoms with Gasteiger partial charge in [0.25, 0.3) is 0 Å². The van der Waals surface area contributed by atoms with Gasteiger partial charge in [-0.25, -0.2) is 4.79 Å². The summed E-state index contributed by atoms with van der Waals surface area (Å²) >= 11 is 0. The zero-order chi connectivity index (χ0) is 21.3. The first kappa shape index (κ1) is 21.4. The summed E-state index contributed by atoms with van der Waals surface area (Å²) in [6, 6.07) is 2.49. The summed E-state index contributed by atoms with van der Waals surface area (Å²) < 4.78 is 17.3. The number of esters is 1. The lowest BCUT2D eigenvalue weighted by atomic mass is 9.99. The Hall–Kier alpha value is -2.35. The molecular formula is C22H28O7. The minimum Gasteiger partial charge on any atom is -0.508 e. The number of aromatic hydroxyl groups is 2. The van der Waals surface area contributed by atoms with Crippen LogP contribution in [-0.2, 0) is 14.2 Å². The Morgan fingerprint density at radius 1 is 1.10 bits per heavy atom. The van der Waals surface area contributed by atoms with Gasteiger partial charge in [0.2, 0.25) is 0 Å². The van der Waals surface area contributed by atoms with Gasteiger partial charge in [-0.1, -0.05) is 31.2 Å². The monoisotopic (exact) mass is 404 g/mol. The molecule has 0 aliphatic carbocycles. The van der Waals surface area contributed by atoms with E-state index >= 15 is 0 Å². The van der Waals surface area contributed by atoms with Crippen molar-refractivity contribution in [1.82, 2.24) is 0 Å². The van der Waals surface area contributed by atoms with E-state index in [9.17, 15) is 20.1 Å². The van der Waals surface area contributed by atoms with E-state index in [2.05, 4.69) is 0 Å². The van der Waals surface area contributed by atoms with Gasteiger partial charge < -0.3 is 29.5 Å². The van der Waals surface area contributed by atoms with Gasteiger partial charge in [0.05, 0.1) is 6.10 Å². The largest absolute Gasteiger partial charge is 0.508 e. The van der Waals surface area contributed by atoms with Gasteiger partial charge in [0.15, 0.2) is 5.79 Å². The van der Waals surface area contributed by atoms with Crippen LogP contribution in [0.2, 0.25) is 0 Å². The molecule has 1 saturated heterocycles. The first-order chi connectivity index (χ1) is 13.6. The second kappa shape index (κ2) is 8.18. The molecule has 0 unspecified atom stereocenters. The van der Waals surface area contributed by atoms with Crippen LogP contribution in [0.5, 0.6) is 11.5 Å². The number of hydrogen-bond donors (Lipinski definition) is 3. The van der Waals surface area contributed by atoms with Crippen LogP contribution in [0.3, 0.4) is 0 Å². The number of cyclic esters (lactones) is 1. The number of phenols is 2. The first-order valence-corrected chi connectivity index (χ1v) is 9.73. The Labute approximate surface area is 170 Å². The van der Waals surface area contributed by atoms with E-state index in [1.54, 1.807) is 45.1 Å². The molecule has 0 amide bonds. The number of benzene rings is 1. The highest BCUT2D eigenvalue weighted by atomic mass is 16.8. The van der Waals surface area contributed by atoms with Gasteiger partial charge in [0.1, 0.15) is 35.4 Å². The number of ether oxygens (including phenoxy) is 3. The van der Waals surface area contributed by atoms with Crippen molar-refractivity contribution >= 4 is 12.0 Å². The van der Waals surface area contributed by atoms with E-state index in [4.69, 9.17) is 14.2 Å². The second-order valence-electron chi connectivity index (χ2n) is 8.05. The predicted molar refractivity (Wildman–Crippen MR) is 106 cm³/mol. The zero-order valence-electron chi connectivity index (χ0n) is 17.0. The fourth-order valence-electron chi connectivity index (χ4n) is 3.54. The van der Waals surface area contributed by atoms with E-state index < -0.39 is 36.2 Å².